The molecule has 2 aliphatic heterocycles. The van der Waals surface area contributed by atoms with Gasteiger partial charge < -0.3 is 20.6 Å². The number of aromatic hydroxyl groups is 1. The standard InChI is InChI=1S/C22H26ClN7O2/c1-13-11-30-18(25-21(13)28-9-7-14(24)12-28)10-16(27-30)17-4-2-3-8-29(17)22(32)20-15(23)5-6-19(31)26-20/h5-6,10-11,14,17H,2-4,7-9,12,24H2,1H3,(H,26,31)/t14-,17-/m0/s1. The molecule has 2 saturated heterocycles. The molecule has 3 aromatic rings. The van der Waals surface area contributed by atoms with Gasteiger partial charge in [-0.3, -0.25) is 4.79 Å². The summed E-state index contributed by atoms with van der Waals surface area (Å²) in [5, 5.41) is 14.7. The lowest BCUT2D eigenvalue weighted by Crippen LogP contribution is -2.39. The van der Waals surface area contributed by atoms with Gasteiger partial charge in [-0.1, -0.05) is 11.6 Å². The molecule has 0 aromatic carbocycles. The smallest absolute Gasteiger partial charge is 0.274 e. The number of anilines is 1. The van der Waals surface area contributed by atoms with E-state index in [1.54, 1.807) is 9.42 Å². The predicted octanol–water partition coefficient (Wildman–Crippen LogP) is 2.70. The SMILES string of the molecule is Cc1cn2nc([C@@H]3CCCCN3C(=O)c3nc(O)ccc3Cl)cc2nc1N1CC[C@H](N)C1. The highest BCUT2D eigenvalue weighted by atomic mass is 35.5. The molecule has 0 spiro atoms. The Morgan fingerprint density at radius 2 is 2.06 bits per heavy atom. The molecule has 1 amide bonds. The summed E-state index contributed by atoms with van der Waals surface area (Å²) in [5.74, 6) is 0.403. The largest absolute Gasteiger partial charge is 0.493 e. The number of aryl methyl sites for hydroxylation is 1. The van der Waals surface area contributed by atoms with Crippen LogP contribution < -0.4 is 10.6 Å². The molecule has 5 rings (SSSR count). The number of carbonyl (C=O) groups excluding carboxylic acids is 1. The number of nitrogens with two attached hydrogens (primary N) is 1. The molecule has 2 aliphatic rings. The molecule has 0 saturated carbocycles. The number of hydrogen-bond donors (Lipinski definition) is 2. The van der Waals surface area contributed by atoms with Crippen LogP contribution in [0.2, 0.25) is 5.02 Å². The van der Waals surface area contributed by atoms with Gasteiger partial charge in [-0.05, 0) is 38.7 Å². The van der Waals surface area contributed by atoms with Gasteiger partial charge >= 0.3 is 0 Å². The minimum Gasteiger partial charge on any atom is -0.493 e. The first-order valence-electron chi connectivity index (χ1n) is 10.9. The number of carbonyl (C=O) groups is 1. The van der Waals surface area contributed by atoms with Crippen molar-refractivity contribution in [3.8, 4) is 5.88 Å². The van der Waals surface area contributed by atoms with Crippen LogP contribution in [0.1, 0.15) is 53.5 Å². The van der Waals surface area contributed by atoms with Crippen LogP contribution in [-0.4, -0.2) is 61.2 Å². The van der Waals surface area contributed by atoms with Crippen LogP contribution >= 0.6 is 11.6 Å². The molecular formula is C22H26ClN7O2. The molecule has 2 atom stereocenters. The van der Waals surface area contributed by atoms with E-state index in [0.29, 0.717) is 6.54 Å². The highest BCUT2D eigenvalue weighted by Gasteiger charge is 2.33. The summed E-state index contributed by atoms with van der Waals surface area (Å²) in [5.41, 5.74) is 8.71. The Morgan fingerprint density at radius 3 is 2.84 bits per heavy atom. The molecule has 0 bridgehead atoms. The number of rotatable bonds is 3. The molecule has 9 nitrogen and oxygen atoms in total. The number of aromatic nitrogens is 4. The Morgan fingerprint density at radius 1 is 1.22 bits per heavy atom. The second kappa shape index (κ2) is 8.22. The fraction of sp³-hybridized carbons (Fsp3) is 0.455. The third-order valence-electron chi connectivity index (χ3n) is 6.29. The molecule has 2 fully saturated rings. The van der Waals surface area contributed by atoms with Crippen LogP contribution in [0, 0.1) is 6.92 Å². The Balaban J connectivity index is 1.48. The Kier molecular flexibility index (Phi) is 5.38. The highest BCUT2D eigenvalue weighted by molar-refractivity contribution is 6.33. The number of nitrogens with zero attached hydrogens (tertiary/aromatic N) is 6. The van der Waals surface area contributed by atoms with Crippen molar-refractivity contribution in [2.45, 2.75) is 44.7 Å². The van der Waals surface area contributed by atoms with E-state index in [-0.39, 0.29) is 34.6 Å². The highest BCUT2D eigenvalue weighted by Crippen LogP contribution is 2.33. The van der Waals surface area contributed by atoms with Gasteiger partial charge in [0.15, 0.2) is 11.3 Å². The van der Waals surface area contributed by atoms with Gasteiger partial charge in [0.05, 0.1) is 16.8 Å². The lowest BCUT2D eigenvalue weighted by molar-refractivity contribution is 0.0599. The summed E-state index contributed by atoms with van der Waals surface area (Å²) >= 11 is 6.21. The van der Waals surface area contributed by atoms with E-state index >= 15 is 0 Å². The quantitative estimate of drug-likeness (QED) is 0.624. The van der Waals surface area contributed by atoms with Crippen molar-refractivity contribution in [2.24, 2.45) is 5.73 Å². The maximum atomic E-state index is 13.3. The number of pyridine rings is 1. The van der Waals surface area contributed by atoms with E-state index in [1.165, 1.54) is 12.1 Å². The van der Waals surface area contributed by atoms with Gasteiger partial charge in [0.2, 0.25) is 5.88 Å². The number of piperidine rings is 1. The monoisotopic (exact) mass is 455 g/mol. The second-order valence-electron chi connectivity index (χ2n) is 8.62. The topological polar surface area (TPSA) is 113 Å². The molecule has 3 aromatic heterocycles. The van der Waals surface area contributed by atoms with Gasteiger partial charge in [0.1, 0.15) is 5.82 Å². The third-order valence-corrected chi connectivity index (χ3v) is 6.59. The lowest BCUT2D eigenvalue weighted by atomic mass is 9.99. The molecule has 0 radical (unpaired) electrons. The maximum Gasteiger partial charge on any atom is 0.274 e. The van der Waals surface area contributed by atoms with Crippen molar-refractivity contribution < 1.29 is 9.90 Å². The normalized spacial score (nSPS) is 21.5. The minimum atomic E-state index is -0.302. The van der Waals surface area contributed by atoms with E-state index in [1.807, 2.05) is 19.2 Å². The van der Waals surface area contributed by atoms with Gasteiger partial charge in [-0.15, -0.1) is 0 Å². The first-order chi connectivity index (χ1) is 15.4. The van der Waals surface area contributed by atoms with E-state index in [9.17, 15) is 9.90 Å². The van der Waals surface area contributed by atoms with Crippen LogP contribution in [0.15, 0.2) is 24.4 Å². The zero-order valence-electron chi connectivity index (χ0n) is 17.9. The van der Waals surface area contributed by atoms with E-state index < -0.39 is 0 Å². The average molecular weight is 456 g/mol. The molecule has 0 unspecified atom stereocenters. The maximum absolute atomic E-state index is 13.3. The Labute approximate surface area is 190 Å². The zero-order chi connectivity index (χ0) is 22.4. The summed E-state index contributed by atoms with van der Waals surface area (Å²) in [7, 11) is 0. The molecule has 5 heterocycles. The number of amides is 1. The van der Waals surface area contributed by atoms with Crippen LogP contribution in [0.5, 0.6) is 5.88 Å². The van der Waals surface area contributed by atoms with Crippen LogP contribution in [0.25, 0.3) is 5.65 Å². The van der Waals surface area contributed by atoms with Crippen molar-refractivity contribution >= 4 is 29.0 Å². The van der Waals surface area contributed by atoms with Crippen molar-refractivity contribution in [3.05, 3.63) is 46.4 Å². The number of likely N-dealkylation sites (tertiary alicyclic amines) is 1. The summed E-state index contributed by atoms with van der Waals surface area (Å²) in [6, 6.07) is 4.77. The molecule has 10 heteroatoms. The molecule has 32 heavy (non-hydrogen) atoms. The van der Waals surface area contributed by atoms with Gasteiger partial charge in [0.25, 0.3) is 5.91 Å². The van der Waals surface area contributed by atoms with Gasteiger partial charge in [0, 0.05) is 49.6 Å². The van der Waals surface area contributed by atoms with Crippen molar-refractivity contribution in [1.82, 2.24) is 24.5 Å². The van der Waals surface area contributed by atoms with Gasteiger partial charge in [-0.2, -0.15) is 5.10 Å². The van der Waals surface area contributed by atoms with Crippen LogP contribution in [0.3, 0.4) is 0 Å². The predicted molar refractivity (Wildman–Crippen MR) is 121 cm³/mol. The van der Waals surface area contributed by atoms with Crippen LogP contribution in [-0.2, 0) is 0 Å². The third kappa shape index (κ3) is 3.75. The van der Waals surface area contributed by atoms with E-state index in [4.69, 9.17) is 27.4 Å². The number of fused-ring (bicyclic) bond motifs is 1. The lowest BCUT2D eigenvalue weighted by Gasteiger charge is -2.34. The van der Waals surface area contributed by atoms with Crippen LogP contribution in [0.4, 0.5) is 5.82 Å². The van der Waals surface area contributed by atoms with E-state index in [0.717, 1.165) is 61.5 Å². The first-order valence-corrected chi connectivity index (χ1v) is 11.3. The molecule has 168 valence electrons. The summed E-state index contributed by atoms with van der Waals surface area (Å²) in [4.78, 5) is 26.1. The molecule has 3 N–H and O–H groups in total. The fourth-order valence-corrected chi connectivity index (χ4v) is 4.87. The number of halogens is 1. The summed E-state index contributed by atoms with van der Waals surface area (Å²) in [6.45, 7) is 4.30. The second-order valence-corrected chi connectivity index (χ2v) is 9.03. The first kappa shape index (κ1) is 21.0. The van der Waals surface area contributed by atoms with Crippen molar-refractivity contribution in [3.63, 3.8) is 0 Å². The summed E-state index contributed by atoms with van der Waals surface area (Å²) < 4.78 is 1.78. The molecular weight excluding hydrogens is 430 g/mol. The average Bonchev–Trinajstić information content (AvgIpc) is 3.40. The Hall–Kier alpha value is -2.91. The fourth-order valence-electron chi connectivity index (χ4n) is 4.68. The summed E-state index contributed by atoms with van der Waals surface area (Å²) in [6.07, 6.45) is 5.61. The minimum absolute atomic E-state index is 0.0592. The van der Waals surface area contributed by atoms with Crippen molar-refractivity contribution in [1.29, 1.82) is 0 Å². The van der Waals surface area contributed by atoms with Crippen molar-refractivity contribution in [2.75, 3.05) is 24.5 Å². The Bertz CT molecular complexity index is 1180. The van der Waals surface area contributed by atoms with Gasteiger partial charge in [-0.25, -0.2) is 14.5 Å². The van der Waals surface area contributed by atoms with E-state index in [2.05, 4.69) is 9.88 Å². The molecule has 0 aliphatic carbocycles. The zero-order valence-corrected chi connectivity index (χ0v) is 18.7. The number of hydrogen-bond acceptors (Lipinski definition) is 7.